The van der Waals surface area contributed by atoms with Gasteiger partial charge in [-0.15, -0.1) is 0 Å². The number of aryl methyl sites for hydroxylation is 2. The molecule has 0 spiro atoms. The van der Waals surface area contributed by atoms with Crippen molar-refractivity contribution < 1.29 is 0 Å². The highest BCUT2D eigenvalue weighted by Crippen LogP contribution is 2.35. The van der Waals surface area contributed by atoms with Crippen molar-refractivity contribution in [3.05, 3.63) is 36.3 Å². The van der Waals surface area contributed by atoms with Crippen LogP contribution in [0.2, 0.25) is 0 Å². The SMILES string of the molecule is Cc1cc(N(C2CC2)C2CCN(CCc3nccn3C)CC2)ncn1. The third kappa shape index (κ3) is 3.84. The van der Waals surface area contributed by atoms with Gasteiger partial charge >= 0.3 is 0 Å². The number of rotatable bonds is 6. The summed E-state index contributed by atoms with van der Waals surface area (Å²) in [5.41, 5.74) is 1.06. The number of piperidine rings is 1. The van der Waals surface area contributed by atoms with Gasteiger partial charge in [0.1, 0.15) is 18.0 Å². The number of anilines is 1. The Morgan fingerprint density at radius 3 is 2.48 bits per heavy atom. The van der Waals surface area contributed by atoms with Crippen molar-refractivity contribution >= 4 is 5.82 Å². The first kappa shape index (κ1) is 16.5. The van der Waals surface area contributed by atoms with Crippen molar-refractivity contribution in [2.24, 2.45) is 7.05 Å². The molecule has 0 N–H and O–H groups in total. The lowest BCUT2D eigenvalue weighted by Gasteiger charge is -2.39. The molecule has 25 heavy (non-hydrogen) atoms. The molecule has 4 rings (SSSR count). The lowest BCUT2D eigenvalue weighted by atomic mass is 10.0. The van der Waals surface area contributed by atoms with Gasteiger partial charge in [-0.1, -0.05) is 0 Å². The van der Waals surface area contributed by atoms with E-state index < -0.39 is 0 Å². The molecule has 134 valence electrons. The summed E-state index contributed by atoms with van der Waals surface area (Å²) in [7, 11) is 2.08. The molecular formula is C19H28N6. The van der Waals surface area contributed by atoms with E-state index in [-0.39, 0.29) is 0 Å². The van der Waals surface area contributed by atoms with E-state index in [0.29, 0.717) is 12.1 Å². The molecule has 1 saturated heterocycles. The summed E-state index contributed by atoms with van der Waals surface area (Å²) in [4.78, 5) is 18.4. The van der Waals surface area contributed by atoms with Crippen LogP contribution in [0.5, 0.6) is 0 Å². The molecular weight excluding hydrogens is 312 g/mol. The van der Waals surface area contributed by atoms with Gasteiger partial charge in [0.2, 0.25) is 0 Å². The van der Waals surface area contributed by atoms with Crippen LogP contribution in [-0.4, -0.2) is 56.1 Å². The predicted molar refractivity (Wildman–Crippen MR) is 98.6 cm³/mol. The number of likely N-dealkylation sites (tertiary alicyclic amines) is 1. The first-order chi connectivity index (χ1) is 12.2. The molecule has 1 saturated carbocycles. The maximum absolute atomic E-state index is 4.57. The Morgan fingerprint density at radius 1 is 1.08 bits per heavy atom. The number of imidazole rings is 1. The van der Waals surface area contributed by atoms with Crippen LogP contribution in [0.25, 0.3) is 0 Å². The highest BCUT2D eigenvalue weighted by atomic mass is 15.3. The van der Waals surface area contributed by atoms with Gasteiger partial charge in [-0.2, -0.15) is 0 Å². The maximum atomic E-state index is 4.57. The van der Waals surface area contributed by atoms with Crippen LogP contribution >= 0.6 is 0 Å². The smallest absolute Gasteiger partial charge is 0.132 e. The van der Waals surface area contributed by atoms with Crippen LogP contribution in [-0.2, 0) is 13.5 Å². The quantitative estimate of drug-likeness (QED) is 0.807. The van der Waals surface area contributed by atoms with E-state index in [2.05, 4.69) is 49.4 Å². The Balaban J connectivity index is 1.34. The highest BCUT2D eigenvalue weighted by molar-refractivity contribution is 5.43. The fourth-order valence-corrected chi connectivity index (χ4v) is 3.92. The predicted octanol–water partition coefficient (Wildman–Crippen LogP) is 2.19. The van der Waals surface area contributed by atoms with E-state index in [1.165, 1.54) is 44.6 Å². The van der Waals surface area contributed by atoms with E-state index in [1.54, 1.807) is 6.33 Å². The van der Waals surface area contributed by atoms with E-state index >= 15 is 0 Å². The second-order valence-electron chi connectivity index (χ2n) is 7.43. The standard InChI is InChI=1S/C19H28N6/c1-15-13-19(22-14-21-15)25(16-3-4-16)17-5-9-24(10-6-17)11-7-18-20-8-12-23(18)2/h8,12-14,16-17H,3-7,9-11H2,1-2H3. The molecule has 1 aliphatic carbocycles. The average molecular weight is 340 g/mol. The first-order valence-electron chi connectivity index (χ1n) is 9.46. The van der Waals surface area contributed by atoms with E-state index in [9.17, 15) is 0 Å². The normalized spacial score (nSPS) is 19.3. The summed E-state index contributed by atoms with van der Waals surface area (Å²) >= 11 is 0. The topological polar surface area (TPSA) is 50.1 Å². The Bertz CT molecular complexity index is 699. The van der Waals surface area contributed by atoms with Gasteiger partial charge in [0.15, 0.2) is 0 Å². The molecule has 2 aromatic rings. The van der Waals surface area contributed by atoms with E-state index in [1.807, 2.05) is 12.4 Å². The van der Waals surface area contributed by atoms with Crippen LogP contribution in [0.1, 0.15) is 37.2 Å². The van der Waals surface area contributed by atoms with Crippen molar-refractivity contribution in [3.63, 3.8) is 0 Å². The molecule has 6 nitrogen and oxygen atoms in total. The third-order valence-electron chi connectivity index (χ3n) is 5.52. The van der Waals surface area contributed by atoms with Crippen molar-refractivity contribution in [1.82, 2.24) is 24.4 Å². The largest absolute Gasteiger partial charge is 0.350 e. The molecule has 0 bridgehead atoms. The van der Waals surface area contributed by atoms with Crippen LogP contribution in [0.15, 0.2) is 24.8 Å². The summed E-state index contributed by atoms with van der Waals surface area (Å²) in [6.07, 6.45) is 11.7. The maximum Gasteiger partial charge on any atom is 0.132 e. The summed E-state index contributed by atoms with van der Waals surface area (Å²) in [5, 5.41) is 0. The van der Waals surface area contributed by atoms with Gasteiger partial charge in [0.25, 0.3) is 0 Å². The van der Waals surface area contributed by atoms with Gasteiger partial charge in [-0.25, -0.2) is 15.0 Å². The molecule has 2 aromatic heterocycles. The molecule has 2 aliphatic rings. The molecule has 3 heterocycles. The Labute approximate surface area is 149 Å². The minimum Gasteiger partial charge on any atom is -0.350 e. The number of hydrogen-bond donors (Lipinski definition) is 0. The molecule has 0 atom stereocenters. The van der Waals surface area contributed by atoms with E-state index in [4.69, 9.17) is 0 Å². The fourth-order valence-electron chi connectivity index (χ4n) is 3.92. The zero-order valence-electron chi connectivity index (χ0n) is 15.3. The molecule has 2 fully saturated rings. The van der Waals surface area contributed by atoms with Gasteiger partial charge in [0, 0.05) is 69.3 Å². The Hall–Kier alpha value is -1.95. The van der Waals surface area contributed by atoms with Crippen molar-refractivity contribution in [2.75, 3.05) is 24.5 Å². The minimum absolute atomic E-state index is 0.617. The fraction of sp³-hybridized carbons (Fsp3) is 0.632. The van der Waals surface area contributed by atoms with Crippen molar-refractivity contribution in [1.29, 1.82) is 0 Å². The second kappa shape index (κ2) is 7.12. The van der Waals surface area contributed by atoms with E-state index in [0.717, 1.165) is 24.5 Å². The van der Waals surface area contributed by atoms with Crippen LogP contribution < -0.4 is 4.90 Å². The van der Waals surface area contributed by atoms with Gasteiger partial charge < -0.3 is 14.4 Å². The molecule has 0 radical (unpaired) electrons. The van der Waals surface area contributed by atoms with Crippen molar-refractivity contribution in [3.8, 4) is 0 Å². The monoisotopic (exact) mass is 340 g/mol. The van der Waals surface area contributed by atoms with Crippen LogP contribution in [0.3, 0.4) is 0 Å². The third-order valence-corrected chi connectivity index (χ3v) is 5.52. The molecule has 1 aliphatic heterocycles. The number of hydrogen-bond acceptors (Lipinski definition) is 5. The second-order valence-corrected chi connectivity index (χ2v) is 7.43. The highest BCUT2D eigenvalue weighted by Gasteiger charge is 2.36. The molecule has 0 amide bonds. The zero-order valence-corrected chi connectivity index (χ0v) is 15.3. The van der Waals surface area contributed by atoms with Crippen LogP contribution in [0.4, 0.5) is 5.82 Å². The minimum atomic E-state index is 0.617. The van der Waals surface area contributed by atoms with Crippen molar-refractivity contribution in [2.45, 2.75) is 51.1 Å². The summed E-state index contributed by atoms with van der Waals surface area (Å²) in [6, 6.07) is 3.45. The zero-order chi connectivity index (χ0) is 17.2. The Kier molecular flexibility index (Phi) is 4.70. The number of aromatic nitrogens is 4. The Morgan fingerprint density at radius 2 is 1.84 bits per heavy atom. The summed E-state index contributed by atoms with van der Waals surface area (Å²) < 4.78 is 2.12. The number of nitrogens with zero attached hydrogens (tertiary/aromatic N) is 6. The molecule has 0 unspecified atom stereocenters. The van der Waals surface area contributed by atoms with Crippen LogP contribution in [0, 0.1) is 6.92 Å². The lowest BCUT2D eigenvalue weighted by molar-refractivity contribution is 0.208. The molecule has 6 heteroatoms. The first-order valence-corrected chi connectivity index (χ1v) is 9.46. The average Bonchev–Trinajstić information content (AvgIpc) is 3.36. The lowest BCUT2D eigenvalue weighted by Crippen LogP contribution is -2.46. The van der Waals surface area contributed by atoms with Gasteiger partial charge in [-0.05, 0) is 32.6 Å². The van der Waals surface area contributed by atoms with Gasteiger partial charge in [0.05, 0.1) is 0 Å². The van der Waals surface area contributed by atoms with Gasteiger partial charge in [-0.3, -0.25) is 0 Å². The molecule has 0 aromatic carbocycles. The summed E-state index contributed by atoms with van der Waals surface area (Å²) in [6.45, 7) is 5.49. The summed E-state index contributed by atoms with van der Waals surface area (Å²) in [5.74, 6) is 2.31.